The average Bonchev–Trinajstić information content (AvgIpc) is 2.56. The van der Waals surface area contributed by atoms with Crippen LogP contribution in [0.4, 0.5) is 11.4 Å². The van der Waals surface area contributed by atoms with Gasteiger partial charge >= 0.3 is 0 Å². The van der Waals surface area contributed by atoms with E-state index in [0.717, 1.165) is 11.1 Å². The van der Waals surface area contributed by atoms with Crippen molar-refractivity contribution >= 4 is 23.2 Å². The van der Waals surface area contributed by atoms with Gasteiger partial charge in [-0.15, -0.1) is 0 Å². The smallest absolute Gasteiger partial charge is 0.253 e. The van der Waals surface area contributed by atoms with Crippen LogP contribution in [0.5, 0.6) is 0 Å². The summed E-state index contributed by atoms with van der Waals surface area (Å²) in [6, 6.07) is 14.9. The summed E-state index contributed by atoms with van der Waals surface area (Å²) in [5, 5.41) is 5.59. The molecule has 2 N–H and O–H groups in total. The second kappa shape index (κ2) is 8.26. The molecule has 0 aliphatic rings. The number of methoxy groups -OCH3 is 1. The maximum atomic E-state index is 12.1. The van der Waals surface area contributed by atoms with E-state index in [1.807, 2.05) is 31.2 Å². The van der Waals surface area contributed by atoms with Gasteiger partial charge in [-0.1, -0.05) is 35.9 Å². The van der Waals surface area contributed by atoms with Crippen molar-refractivity contribution < 1.29 is 14.3 Å². The number of nitrogens with one attached hydrogen (secondary N) is 2. The Labute approximate surface area is 142 Å². The lowest BCUT2D eigenvalue weighted by Gasteiger charge is -2.12. The van der Waals surface area contributed by atoms with Gasteiger partial charge in [-0.2, -0.15) is 0 Å². The summed E-state index contributed by atoms with van der Waals surface area (Å²) in [5.41, 5.74) is 3.36. The van der Waals surface area contributed by atoms with E-state index in [1.54, 1.807) is 31.2 Å². The van der Waals surface area contributed by atoms with Gasteiger partial charge < -0.3 is 15.4 Å². The van der Waals surface area contributed by atoms with Crippen LogP contribution in [0, 0.1) is 6.92 Å². The molecule has 0 aliphatic heterocycles. The van der Waals surface area contributed by atoms with Gasteiger partial charge in [-0.25, -0.2) is 0 Å². The van der Waals surface area contributed by atoms with Crippen LogP contribution in [-0.4, -0.2) is 25.0 Å². The minimum atomic E-state index is -0.537. The van der Waals surface area contributed by atoms with Crippen LogP contribution in [0.3, 0.4) is 0 Å². The Morgan fingerprint density at radius 2 is 1.67 bits per heavy atom. The zero-order chi connectivity index (χ0) is 17.5. The molecule has 0 spiro atoms. The lowest BCUT2D eigenvalue weighted by Crippen LogP contribution is -2.26. The first-order valence-corrected chi connectivity index (χ1v) is 7.77. The second-order valence-electron chi connectivity index (χ2n) is 5.66. The maximum Gasteiger partial charge on any atom is 0.253 e. The average molecular weight is 326 g/mol. The lowest BCUT2D eigenvalue weighted by molar-refractivity contribution is -0.124. The molecular formula is C19H22N2O3. The molecule has 5 nitrogen and oxygen atoms in total. The molecule has 2 amide bonds. The molecule has 0 heterocycles. The van der Waals surface area contributed by atoms with Crippen molar-refractivity contribution in [3.8, 4) is 0 Å². The predicted molar refractivity (Wildman–Crippen MR) is 95.1 cm³/mol. The number of aryl methyl sites for hydroxylation is 1. The van der Waals surface area contributed by atoms with Crippen molar-refractivity contribution in [1.82, 2.24) is 0 Å². The quantitative estimate of drug-likeness (QED) is 0.857. The lowest BCUT2D eigenvalue weighted by atomic mass is 10.1. The third-order valence-electron chi connectivity index (χ3n) is 3.62. The van der Waals surface area contributed by atoms with Gasteiger partial charge in [0.1, 0.15) is 6.10 Å². The van der Waals surface area contributed by atoms with Crippen molar-refractivity contribution in [2.24, 2.45) is 0 Å². The molecule has 126 valence electrons. The SMILES string of the molecule is COC(C)C(=O)Nc1cccc(NC(=O)Cc2ccc(C)cc2)c1. The van der Waals surface area contributed by atoms with Crippen molar-refractivity contribution in [1.29, 1.82) is 0 Å². The second-order valence-corrected chi connectivity index (χ2v) is 5.66. The van der Waals surface area contributed by atoms with Crippen LogP contribution in [0.1, 0.15) is 18.1 Å². The first kappa shape index (κ1) is 17.7. The number of amides is 2. The molecule has 0 bridgehead atoms. The molecule has 24 heavy (non-hydrogen) atoms. The summed E-state index contributed by atoms with van der Waals surface area (Å²) in [4.78, 5) is 24.0. The standard InChI is InChI=1S/C19H22N2O3/c1-13-7-9-15(10-8-13)11-18(22)20-16-5-4-6-17(12-16)21-19(23)14(2)24-3/h4-10,12,14H,11H2,1-3H3,(H,20,22)(H,21,23). The largest absolute Gasteiger partial charge is 0.372 e. The Bertz CT molecular complexity index is 711. The molecule has 2 aromatic carbocycles. The van der Waals surface area contributed by atoms with E-state index in [4.69, 9.17) is 4.74 Å². The van der Waals surface area contributed by atoms with E-state index >= 15 is 0 Å². The highest BCUT2D eigenvalue weighted by Crippen LogP contribution is 2.16. The monoisotopic (exact) mass is 326 g/mol. The Hall–Kier alpha value is -2.66. The summed E-state index contributed by atoms with van der Waals surface area (Å²) in [7, 11) is 1.48. The number of carbonyl (C=O) groups excluding carboxylic acids is 2. The molecule has 1 unspecified atom stereocenters. The maximum absolute atomic E-state index is 12.1. The molecule has 0 aliphatic carbocycles. The number of carbonyl (C=O) groups is 2. The van der Waals surface area contributed by atoms with E-state index in [-0.39, 0.29) is 11.8 Å². The Morgan fingerprint density at radius 3 is 2.29 bits per heavy atom. The summed E-state index contributed by atoms with van der Waals surface area (Å²) < 4.78 is 4.97. The highest BCUT2D eigenvalue weighted by atomic mass is 16.5. The van der Waals surface area contributed by atoms with Gasteiger partial charge in [0, 0.05) is 18.5 Å². The molecule has 0 saturated heterocycles. The Balaban J connectivity index is 1.97. The first-order chi connectivity index (χ1) is 11.5. The summed E-state index contributed by atoms with van der Waals surface area (Å²) in [6.07, 6.45) is -0.234. The predicted octanol–water partition coefficient (Wildman–Crippen LogP) is 3.15. The molecule has 2 aromatic rings. The van der Waals surface area contributed by atoms with Crippen molar-refractivity contribution in [2.45, 2.75) is 26.4 Å². The van der Waals surface area contributed by atoms with E-state index in [2.05, 4.69) is 10.6 Å². The Kier molecular flexibility index (Phi) is 6.09. The summed E-state index contributed by atoms with van der Waals surface area (Å²) in [6.45, 7) is 3.68. The van der Waals surface area contributed by atoms with Gasteiger partial charge in [0.15, 0.2) is 0 Å². The van der Waals surface area contributed by atoms with Gasteiger partial charge in [-0.3, -0.25) is 9.59 Å². The third kappa shape index (κ3) is 5.21. The number of benzene rings is 2. The number of hydrogen-bond acceptors (Lipinski definition) is 3. The fourth-order valence-electron chi connectivity index (χ4n) is 2.12. The van der Waals surface area contributed by atoms with E-state index < -0.39 is 6.10 Å². The van der Waals surface area contributed by atoms with Crippen LogP contribution in [-0.2, 0) is 20.7 Å². The van der Waals surface area contributed by atoms with E-state index in [9.17, 15) is 9.59 Å². The molecule has 1 atom stereocenters. The molecule has 0 fully saturated rings. The number of ether oxygens (including phenoxy) is 1. The normalized spacial score (nSPS) is 11.6. The van der Waals surface area contributed by atoms with Gasteiger partial charge in [0.05, 0.1) is 6.42 Å². The summed E-state index contributed by atoms with van der Waals surface area (Å²) >= 11 is 0. The minimum absolute atomic E-state index is 0.104. The van der Waals surface area contributed by atoms with Gasteiger partial charge in [-0.05, 0) is 37.6 Å². The van der Waals surface area contributed by atoms with E-state index in [1.165, 1.54) is 7.11 Å². The molecule has 2 rings (SSSR count). The topological polar surface area (TPSA) is 67.4 Å². The van der Waals surface area contributed by atoms with Crippen LogP contribution in [0.15, 0.2) is 48.5 Å². The Morgan fingerprint density at radius 1 is 1.04 bits per heavy atom. The molecule has 5 heteroatoms. The number of anilines is 2. The van der Waals surface area contributed by atoms with Crippen molar-refractivity contribution in [3.63, 3.8) is 0 Å². The number of hydrogen-bond donors (Lipinski definition) is 2. The van der Waals surface area contributed by atoms with E-state index in [0.29, 0.717) is 17.8 Å². The molecule has 0 aromatic heterocycles. The fourth-order valence-corrected chi connectivity index (χ4v) is 2.12. The first-order valence-electron chi connectivity index (χ1n) is 7.77. The van der Waals surface area contributed by atoms with Crippen LogP contribution < -0.4 is 10.6 Å². The molecule has 0 saturated carbocycles. The highest BCUT2D eigenvalue weighted by molar-refractivity contribution is 5.96. The number of rotatable bonds is 6. The van der Waals surface area contributed by atoms with Crippen molar-refractivity contribution in [3.05, 3.63) is 59.7 Å². The van der Waals surface area contributed by atoms with Crippen LogP contribution in [0.25, 0.3) is 0 Å². The fraction of sp³-hybridized carbons (Fsp3) is 0.263. The van der Waals surface area contributed by atoms with Gasteiger partial charge in [0.2, 0.25) is 5.91 Å². The minimum Gasteiger partial charge on any atom is -0.372 e. The molecular weight excluding hydrogens is 304 g/mol. The van der Waals surface area contributed by atoms with Crippen LogP contribution in [0.2, 0.25) is 0 Å². The van der Waals surface area contributed by atoms with Gasteiger partial charge in [0.25, 0.3) is 5.91 Å². The zero-order valence-electron chi connectivity index (χ0n) is 14.1. The third-order valence-corrected chi connectivity index (χ3v) is 3.62. The molecule has 0 radical (unpaired) electrons. The van der Waals surface area contributed by atoms with Crippen LogP contribution >= 0.6 is 0 Å². The van der Waals surface area contributed by atoms with Crippen molar-refractivity contribution in [2.75, 3.05) is 17.7 Å². The highest BCUT2D eigenvalue weighted by Gasteiger charge is 2.12. The zero-order valence-corrected chi connectivity index (χ0v) is 14.1. The summed E-state index contributed by atoms with van der Waals surface area (Å²) in [5.74, 6) is -0.340.